The molecule has 1 rings (SSSR count). The molecule has 1 fully saturated rings. The van der Waals surface area contributed by atoms with Gasteiger partial charge >= 0.3 is 0 Å². The van der Waals surface area contributed by atoms with Crippen molar-refractivity contribution in [2.24, 2.45) is 5.92 Å². The second-order valence-electron chi connectivity index (χ2n) is 4.46. The van der Waals surface area contributed by atoms with Crippen molar-refractivity contribution in [2.75, 3.05) is 6.61 Å². The molecule has 7 atom stereocenters. The number of hydrogen-bond donors (Lipinski definition) is 4. The highest BCUT2D eigenvalue weighted by Crippen LogP contribution is 2.24. The van der Waals surface area contributed by atoms with Gasteiger partial charge in [-0.15, -0.1) is 0 Å². The largest absolute Gasteiger partial charge is 0.394 e. The van der Waals surface area contributed by atoms with E-state index in [-0.39, 0.29) is 0 Å². The van der Waals surface area contributed by atoms with Crippen LogP contribution >= 0.6 is 0 Å². The van der Waals surface area contributed by atoms with Crippen LogP contribution < -0.4 is 0 Å². The molecule has 7 nitrogen and oxygen atoms in total. The van der Waals surface area contributed by atoms with E-state index in [2.05, 4.69) is 0 Å². The summed E-state index contributed by atoms with van der Waals surface area (Å²) in [6.45, 7) is 2.77. The first-order valence-electron chi connectivity index (χ1n) is 5.78. The molecular weight excluding hydrogens is 242 g/mol. The first-order valence-corrected chi connectivity index (χ1v) is 5.78. The van der Waals surface area contributed by atoms with Crippen LogP contribution in [0.5, 0.6) is 0 Å². The Morgan fingerprint density at radius 2 is 1.83 bits per heavy atom. The third kappa shape index (κ3) is 3.17. The Kier molecular flexibility index (Phi) is 5.47. The molecule has 0 aromatic heterocycles. The maximum Gasteiger partial charge on any atom is 0.187 e. The minimum absolute atomic E-state index is 0.419. The molecule has 0 aromatic carbocycles. The maximum atomic E-state index is 9.70. The summed E-state index contributed by atoms with van der Waals surface area (Å²) in [6.07, 6.45) is -7.02. The lowest BCUT2D eigenvalue weighted by molar-refractivity contribution is -0.311. The van der Waals surface area contributed by atoms with Crippen LogP contribution in [0.25, 0.3) is 0 Å². The molecule has 0 spiro atoms. The zero-order valence-corrected chi connectivity index (χ0v) is 10.3. The Balaban J connectivity index is 2.68. The van der Waals surface area contributed by atoms with Crippen molar-refractivity contribution in [2.45, 2.75) is 50.7 Å². The van der Waals surface area contributed by atoms with Crippen LogP contribution in [-0.2, 0) is 9.47 Å². The number of hydrogen-bond acceptors (Lipinski definition) is 7. The van der Waals surface area contributed by atoms with Gasteiger partial charge in [0.1, 0.15) is 24.4 Å². The van der Waals surface area contributed by atoms with Gasteiger partial charge in [0.05, 0.1) is 24.7 Å². The van der Waals surface area contributed by atoms with Crippen molar-refractivity contribution < 1.29 is 29.9 Å². The van der Waals surface area contributed by atoms with E-state index in [9.17, 15) is 15.3 Å². The second kappa shape index (κ2) is 6.43. The van der Waals surface area contributed by atoms with Crippen LogP contribution in [0.3, 0.4) is 0 Å². The average Bonchev–Trinajstić information content (AvgIpc) is 2.38. The fraction of sp³-hybridized carbons (Fsp3) is 0.909. The Bertz CT molecular complexity index is 304. The number of aliphatic hydroxyl groups is 4. The van der Waals surface area contributed by atoms with Crippen molar-refractivity contribution in [1.82, 2.24) is 0 Å². The van der Waals surface area contributed by atoms with Crippen molar-refractivity contribution in [3.05, 3.63) is 0 Å². The highest BCUT2D eigenvalue weighted by Gasteiger charge is 2.44. The van der Waals surface area contributed by atoms with Gasteiger partial charge in [-0.05, 0) is 13.8 Å². The van der Waals surface area contributed by atoms with Crippen LogP contribution in [0.15, 0.2) is 0 Å². The smallest absolute Gasteiger partial charge is 0.187 e. The van der Waals surface area contributed by atoms with Crippen LogP contribution in [0.2, 0.25) is 0 Å². The predicted octanol–water partition coefficient (Wildman–Crippen LogP) is -1.65. The molecule has 0 amide bonds. The molecule has 0 unspecified atom stereocenters. The summed E-state index contributed by atoms with van der Waals surface area (Å²) in [5.41, 5.74) is 0. The van der Waals surface area contributed by atoms with E-state index in [0.29, 0.717) is 0 Å². The Labute approximate surface area is 105 Å². The van der Waals surface area contributed by atoms with E-state index < -0.39 is 49.3 Å². The van der Waals surface area contributed by atoms with Crippen LogP contribution in [0.1, 0.15) is 13.8 Å². The van der Waals surface area contributed by atoms with Gasteiger partial charge in [0.2, 0.25) is 0 Å². The fourth-order valence-electron chi connectivity index (χ4n) is 1.61. The highest BCUT2D eigenvalue weighted by atomic mass is 16.7. The van der Waals surface area contributed by atoms with E-state index in [0.717, 1.165) is 0 Å². The summed E-state index contributed by atoms with van der Waals surface area (Å²) in [4.78, 5) is 0. The molecular formula is C11H19NO6. The molecule has 1 heterocycles. The zero-order chi connectivity index (χ0) is 13.9. The minimum atomic E-state index is -1.47. The van der Waals surface area contributed by atoms with E-state index >= 15 is 0 Å². The summed E-state index contributed by atoms with van der Waals surface area (Å²) in [6, 6.07) is 1.99. The highest BCUT2D eigenvalue weighted by molar-refractivity contribution is 4.90. The van der Waals surface area contributed by atoms with Gasteiger partial charge in [0.15, 0.2) is 6.29 Å². The molecule has 7 heteroatoms. The normalized spacial score (nSPS) is 39.9. The second-order valence-corrected chi connectivity index (χ2v) is 4.46. The third-order valence-corrected chi connectivity index (χ3v) is 3.10. The molecule has 0 aromatic rings. The van der Waals surface area contributed by atoms with Gasteiger partial charge in [-0.1, -0.05) is 0 Å². The molecule has 0 radical (unpaired) electrons. The summed E-state index contributed by atoms with van der Waals surface area (Å²) in [5.74, 6) is -0.419. The number of nitrogens with zero attached hydrogens (tertiary/aromatic N) is 1. The van der Waals surface area contributed by atoms with Crippen molar-refractivity contribution in [1.29, 1.82) is 5.26 Å². The predicted molar refractivity (Wildman–Crippen MR) is 59.1 cm³/mol. The zero-order valence-electron chi connectivity index (χ0n) is 10.3. The first-order chi connectivity index (χ1) is 8.42. The first kappa shape index (κ1) is 15.3. The summed E-state index contributed by atoms with van der Waals surface area (Å²) in [7, 11) is 0. The molecule has 1 aliphatic heterocycles. The van der Waals surface area contributed by atoms with Crippen LogP contribution in [0.4, 0.5) is 0 Å². The summed E-state index contributed by atoms with van der Waals surface area (Å²) < 4.78 is 10.5. The summed E-state index contributed by atoms with van der Waals surface area (Å²) in [5, 5.41) is 46.5. The van der Waals surface area contributed by atoms with Gasteiger partial charge in [-0.3, -0.25) is 0 Å². The van der Waals surface area contributed by atoms with E-state index in [1.54, 1.807) is 13.8 Å². The molecule has 0 saturated carbocycles. The number of ether oxygens (including phenoxy) is 2. The van der Waals surface area contributed by atoms with E-state index in [4.69, 9.17) is 19.8 Å². The summed E-state index contributed by atoms with van der Waals surface area (Å²) >= 11 is 0. The van der Waals surface area contributed by atoms with Gasteiger partial charge in [-0.2, -0.15) is 5.26 Å². The van der Waals surface area contributed by atoms with Crippen molar-refractivity contribution >= 4 is 0 Å². The van der Waals surface area contributed by atoms with Crippen LogP contribution in [-0.4, -0.2) is 63.8 Å². The lowest BCUT2D eigenvalue weighted by atomic mass is 9.99. The number of rotatable bonds is 4. The average molecular weight is 261 g/mol. The molecule has 104 valence electrons. The lowest BCUT2D eigenvalue weighted by Gasteiger charge is -2.40. The standard InChI is InChI=1S/C11H19NO6/c1-5(3-12)6(2)17-11-10(16)9(15)8(14)7(4-13)18-11/h5-11,13-16H,4H2,1-2H3/t5-,6+,7+,8+,9-,10+,11+/m0/s1. The Morgan fingerprint density at radius 1 is 1.22 bits per heavy atom. The van der Waals surface area contributed by atoms with Gasteiger partial charge < -0.3 is 29.9 Å². The molecule has 1 aliphatic rings. The van der Waals surface area contributed by atoms with Gasteiger partial charge in [0.25, 0.3) is 0 Å². The Morgan fingerprint density at radius 3 is 2.33 bits per heavy atom. The molecule has 4 N–H and O–H groups in total. The van der Waals surface area contributed by atoms with E-state index in [1.165, 1.54) is 0 Å². The third-order valence-electron chi connectivity index (χ3n) is 3.10. The number of aliphatic hydroxyl groups excluding tert-OH is 4. The minimum Gasteiger partial charge on any atom is -0.394 e. The van der Waals surface area contributed by atoms with Crippen molar-refractivity contribution in [3.63, 3.8) is 0 Å². The molecule has 0 bridgehead atoms. The van der Waals surface area contributed by atoms with Crippen LogP contribution in [0, 0.1) is 17.2 Å². The fourth-order valence-corrected chi connectivity index (χ4v) is 1.61. The monoisotopic (exact) mass is 261 g/mol. The molecule has 1 saturated heterocycles. The van der Waals surface area contributed by atoms with E-state index in [1.807, 2.05) is 6.07 Å². The lowest BCUT2D eigenvalue weighted by Crippen LogP contribution is -2.59. The maximum absolute atomic E-state index is 9.70. The van der Waals surface area contributed by atoms with Gasteiger partial charge in [0, 0.05) is 0 Å². The quantitative estimate of drug-likeness (QED) is 0.478. The van der Waals surface area contributed by atoms with Crippen molar-refractivity contribution in [3.8, 4) is 6.07 Å². The molecule has 18 heavy (non-hydrogen) atoms. The van der Waals surface area contributed by atoms with Gasteiger partial charge in [-0.25, -0.2) is 0 Å². The Hall–Kier alpha value is -0.750. The topological polar surface area (TPSA) is 123 Å². The molecule has 0 aliphatic carbocycles. The SMILES string of the molecule is C[C@@H](C#N)[C@@H](C)O[C@@H]1O[C@H](CO)[C@@H](O)[C@H](O)[C@H]1O. The number of nitriles is 1.